The lowest BCUT2D eigenvalue weighted by Crippen LogP contribution is -2.04. The van der Waals surface area contributed by atoms with Crippen molar-refractivity contribution in [1.82, 2.24) is 5.32 Å². The first-order chi connectivity index (χ1) is 2.89. The van der Waals surface area contributed by atoms with Crippen LogP contribution < -0.4 is 5.32 Å². The van der Waals surface area contributed by atoms with E-state index in [9.17, 15) is 0 Å². The van der Waals surface area contributed by atoms with Gasteiger partial charge in [0, 0.05) is 17.8 Å². The molecule has 0 aromatic rings. The summed E-state index contributed by atoms with van der Waals surface area (Å²) in [6.07, 6.45) is 2.25. The SMILES string of the molecule is Br.CS1=CNCC1. The Balaban J connectivity index is 0.000000360. The minimum atomic E-state index is 0. The van der Waals surface area contributed by atoms with Gasteiger partial charge < -0.3 is 0 Å². The number of halogens is 1. The molecule has 0 aliphatic carbocycles. The van der Waals surface area contributed by atoms with Gasteiger partial charge in [-0.15, -0.1) is 17.0 Å². The molecular formula is C4H10BrNS. The third-order valence-corrected chi connectivity index (χ3v) is 2.27. The Morgan fingerprint density at radius 2 is 2.43 bits per heavy atom. The molecule has 1 heterocycles. The summed E-state index contributed by atoms with van der Waals surface area (Å²) in [5.74, 6) is 1.35. The van der Waals surface area contributed by atoms with Gasteiger partial charge in [-0.25, -0.2) is 0 Å². The highest BCUT2D eigenvalue weighted by Crippen LogP contribution is 2.04. The first-order valence-electron chi connectivity index (χ1n) is 2.07. The standard InChI is InChI=1S/C4H9NS.BrH/c1-6-3-2-5-4-6;/h4-5H,2-3H2,1H3;1H. The molecule has 1 unspecified atom stereocenters. The van der Waals surface area contributed by atoms with E-state index in [-0.39, 0.29) is 17.0 Å². The average molecular weight is 184 g/mol. The van der Waals surface area contributed by atoms with Crippen LogP contribution in [0.1, 0.15) is 0 Å². The zero-order chi connectivity index (χ0) is 4.41. The van der Waals surface area contributed by atoms with Crippen LogP contribution in [0.4, 0.5) is 0 Å². The summed E-state index contributed by atoms with van der Waals surface area (Å²) in [7, 11) is 0.591. The molecule has 1 aliphatic rings. The van der Waals surface area contributed by atoms with Crippen LogP contribution in [-0.2, 0) is 0 Å². The van der Waals surface area contributed by atoms with E-state index in [2.05, 4.69) is 17.1 Å². The summed E-state index contributed by atoms with van der Waals surface area (Å²) < 4.78 is 0. The highest BCUT2D eigenvalue weighted by molar-refractivity contribution is 8.93. The highest BCUT2D eigenvalue weighted by Gasteiger charge is 1.91. The molecule has 0 saturated heterocycles. The van der Waals surface area contributed by atoms with E-state index in [4.69, 9.17) is 0 Å². The molecule has 3 heteroatoms. The fraction of sp³-hybridized carbons (Fsp3) is 0.750. The van der Waals surface area contributed by atoms with Crippen molar-refractivity contribution in [3.63, 3.8) is 0 Å². The minimum absolute atomic E-state index is 0. The predicted octanol–water partition coefficient (Wildman–Crippen LogP) is 0.826. The summed E-state index contributed by atoms with van der Waals surface area (Å²) in [6.45, 7) is 1.19. The van der Waals surface area contributed by atoms with Crippen molar-refractivity contribution in [2.75, 3.05) is 18.6 Å². The van der Waals surface area contributed by atoms with E-state index in [0.29, 0.717) is 10.5 Å². The Morgan fingerprint density at radius 1 is 1.71 bits per heavy atom. The molecule has 0 aromatic carbocycles. The van der Waals surface area contributed by atoms with E-state index < -0.39 is 0 Å². The molecule has 0 spiro atoms. The van der Waals surface area contributed by atoms with Crippen LogP contribution in [0.5, 0.6) is 0 Å². The van der Waals surface area contributed by atoms with Crippen molar-refractivity contribution in [1.29, 1.82) is 0 Å². The van der Waals surface area contributed by atoms with Crippen molar-refractivity contribution in [3.8, 4) is 0 Å². The maximum atomic E-state index is 3.16. The fourth-order valence-electron chi connectivity index (χ4n) is 0.480. The third kappa shape index (κ3) is 2.46. The van der Waals surface area contributed by atoms with Crippen LogP contribution in [0.3, 0.4) is 0 Å². The molecule has 1 N–H and O–H groups in total. The van der Waals surface area contributed by atoms with Crippen molar-refractivity contribution >= 4 is 33.0 Å². The largest absolute Gasteiger partial charge is 0.289 e. The molecule has 0 saturated carbocycles. The number of nitrogens with one attached hydrogen (secondary N) is 1. The minimum Gasteiger partial charge on any atom is -0.289 e. The van der Waals surface area contributed by atoms with E-state index in [1.165, 1.54) is 12.3 Å². The molecular weight excluding hydrogens is 174 g/mol. The smallest absolute Gasteiger partial charge is 0.00849 e. The molecule has 1 atom stereocenters. The van der Waals surface area contributed by atoms with Crippen molar-refractivity contribution in [2.24, 2.45) is 0 Å². The van der Waals surface area contributed by atoms with Crippen LogP contribution in [0.2, 0.25) is 0 Å². The van der Waals surface area contributed by atoms with Crippen LogP contribution in [-0.4, -0.2) is 24.0 Å². The predicted molar refractivity (Wildman–Crippen MR) is 42.8 cm³/mol. The summed E-state index contributed by atoms with van der Waals surface area (Å²) >= 11 is 0. The summed E-state index contributed by atoms with van der Waals surface area (Å²) in [5, 5.41) is 3.16. The second-order valence-corrected chi connectivity index (χ2v) is 3.49. The Labute approximate surface area is 57.2 Å². The summed E-state index contributed by atoms with van der Waals surface area (Å²) in [4.78, 5) is 0. The number of hydrogen-bond acceptors (Lipinski definition) is 1. The molecule has 0 bridgehead atoms. The number of rotatable bonds is 0. The first-order valence-corrected chi connectivity index (χ1v) is 3.94. The second-order valence-electron chi connectivity index (χ2n) is 1.47. The zero-order valence-corrected chi connectivity index (χ0v) is 6.84. The van der Waals surface area contributed by atoms with Crippen molar-refractivity contribution < 1.29 is 0 Å². The molecule has 0 amide bonds. The van der Waals surface area contributed by atoms with Crippen LogP contribution >= 0.6 is 27.5 Å². The maximum absolute atomic E-state index is 3.16. The Hall–Kier alpha value is 0.660. The fourth-order valence-corrected chi connectivity index (χ4v) is 1.44. The lowest BCUT2D eigenvalue weighted by atomic mass is 10.8. The van der Waals surface area contributed by atoms with Gasteiger partial charge in [0.05, 0.1) is 0 Å². The monoisotopic (exact) mass is 183 g/mol. The van der Waals surface area contributed by atoms with E-state index >= 15 is 0 Å². The maximum Gasteiger partial charge on any atom is 0.00849 e. The zero-order valence-electron chi connectivity index (χ0n) is 4.31. The topological polar surface area (TPSA) is 12.0 Å². The van der Waals surface area contributed by atoms with Gasteiger partial charge in [-0.1, -0.05) is 0 Å². The molecule has 7 heavy (non-hydrogen) atoms. The average Bonchev–Trinajstić information content (AvgIpc) is 1.86. The Kier molecular flexibility index (Phi) is 3.98. The van der Waals surface area contributed by atoms with Gasteiger partial charge in [-0.2, -0.15) is 10.5 Å². The second kappa shape index (κ2) is 3.64. The van der Waals surface area contributed by atoms with Crippen LogP contribution in [0, 0.1) is 0 Å². The molecule has 0 fully saturated rings. The lowest BCUT2D eigenvalue weighted by molar-refractivity contribution is 1.03. The van der Waals surface area contributed by atoms with Gasteiger partial charge in [0.15, 0.2) is 0 Å². The van der Waals surface area contributed by atoms with Crippen LogP contribution in [0.25, 0.3) is 0 Å². The Morgan fingerprint density at radius 3 is 2.57 bits per heavy atom. The molecule has 44 valence electrons. The lowest BCUT2D eigenvalue weighted by Gasteiger charge is -1.81. The molecule has 1 rings (SSSR count). The van der Waals surface area contributed by atoms with Crippen molar-refractivity contribution in [3.05, 3.63) is 0 Å². The van der Waals surface area contributed by atoms with Gasteiger partial charge >= 0.3 is 0 Å². The highest BCUT2D eigenvalue weighted by atomic mass is 79.9. The Bertz CT molecular complexity index is 81.8. The van der Waals surface area contributed by atoms with Crippen molar-refractivity contribution in [2.45, 2.75) is 0 Å². The number of hydrogen-bond donors (Lipinski definition) is 1. The third-order valence-electron chi connectivity index (χ3n) is 0.853. The molecule has 0 radical (unpaired) electrons. The normalized spacial score (nSPS) is 28.4. The summed E-state index contributed by atoms with van der Waals surface area (Å²) in [5.41, 5.74) is 2.18. The van der Waals surface area contributed by atoms with Gasteiger partial charge in [0.25, 0.3) is 0 Å². The first kappa shape index (κ1) is 7.66. The quantitative estimate of drug-likeness (QED) is 0.550. The van der Waals surface area contributed by atoms with E-state index in [1.54, 1.807) is 0 Å². The van der Waals surface area contributed by atoms with Gasteiger partial charge in [-0.05, 0) is 6.26 Å². The molecule has 1 aliphatic heterocycles. The molecule has 0 aromatic heterocycles. The van der Waals surface area contributed by atoms with Gasteiger partial charge in [0.2, 0.25) is 0 Å². The van der Waals surface area contributed by atoms with Gasteiger partial charge in [-0.3, -0.25) is 5.32 Å². The van der Waals surface area contributed by atoms with Gasteiger partial charge in [0.1, 0.15) is 0 Å². The van der Waals surface area contributed by atoms with Crippen LogP contribution in [0.15, 0.2) is 0 Å². The van der Waals surface area contributed by atoms with E-state index in [1.807, 2.05) is 0 Å². The molecule has 1 nitrogen and oxygen atoms in total. The van der Waals surface area contributed by atoms with E-state index in [0.717, 1.165) is 0 Å². The summed E-state index contributed by atoms with van der Waals surface area (Å²) in [6, 6.07) is 0.